The molecule has 2 aromatic heterocycles. The van der Waals surface area contributed by atoms with Crippen LogP contribution in [0.3, 0.4) is 0 Å². The Labute approximate surface area is 155 Å². The van der Waals surface area contributed by atoms with Crippen LogP contribution in [0.2, 0.25) is 0 Å². The number of hydrogen-bond donors (Lipinski definition) is 2. The number of nitrogens with one attached hydrogen (secondary N) is 2. The van der Waals surface area contributed by atoms with Gasteiger partial charge >= 0.3 is 5.97 Å². The Kier molecular flexibility index (Phi) is 5.46. The Hall–Kier alpha value is -3.68. The SMILES string of the molecule is CCOC(=O)c1ccc(NC(=O)CNC(=O)c2cc3ccccn3n2)cc1. The summed E-state index contributed by atoms with van der Waals surface area (Å²) in [5.74, 6) is -1.25. The van der Waals surface area contributed by atoms with Gasteiger partial charge in [-0.05, 0) is 49.4 Å². The quantitative estimate of drug-likeness (QED) is 0.649. The number of carbonyl (C=O) groups is 3. The van der Waals surface area contributed by atoms with Gasteiger partial charge in [0.05, 0.1) is 24.2 Å². The van der Waals surface area contributed by atoms with Crippen molar-refractivity contribution in [1.82, 2.24) is 14.9 Å². The molecule has 0 atom stereocenters. The summed E-state index contributed by atoms with van der Waals surface area (Å²) >= 11 is 0. The normalized spacial score (nSPS) is 10.4. The molecule has 0 aliphatic carbocycles. The predicted molar refractivity (Wildman–Crippen MR) is 98.6 cm³/mol. The van der Waals surface area contributed by atoms with Crippen LogP contribution in [0, 0.1) is 0 Å². The van der Waals surface area contributed by atoms with Crippen molar-refractivity contribution in [1.29, 1.82) is 0 Å². The number of ether oxygens (including phenoxy) is 1. The van der Waals surface area contributed by atoms with E-state index in [1.807, 2.05) is 18.2 Å². The molecule has 138 valence electrons. The molecule has 0 saturated heterocycles. The predicted octanol–water partition coefficient (Wildman–Crippen LogP) is 1.88. The van der Waals surface area contributed by atoms with Crippen molar-refractivity contribution in [2.45, 2.75) is 6.92 Å². The zero-order valence-electron chi connectivity index (χ0n) is 14.6. The van der Waals surface area contributed by atoms with Gasteiger partial charge in [-0.1, -0.05) is 6.07 Å². The molecule has 0 spiro atoms. The molecule has 0 saturated carbocycles. The molecule has 0 unspecified atom stereocenters. The molecule has 1 aromatic carbocycles. The summed E-state index contributed by atoms with van der Waals surface area (Å²) in [6, 6.07) is 13.4. The second kappa shape index (κ2) is 8.13. The summed E-state index contributed by atoms with van der Waals surface area (Å²) in [7, 11) is 0. The van der Waals surface area contributed by atoms with Gasteiger partial charge in [-0.15, -0.1) is 0 Å². The maximum absolute atomic E-state index is 12.1. The highest BCUT2D eigenvalue weighted by Gasteiger charge is 2.12. The first-order valence-corrected chi connectivity index (χ1v) is 8.36. The van der Waals surface area contributed by atoms with E-state index in [1.165, 1.54) is 0 Å². The highest BCUT2D eigenvalue weighted by atomic mass is 16.5. The number of carbonyl (C=O) groups excluding carboxylic acids is 3. The second-order valence-corrected chi connectivity index (χ2v) is 5.63. The molecule has 8 nitrogen and oxygen atoms in total. The van der Waals surface area contributed by atoms with Crippen LogP contribution in [-0.2, 0) is 9.53 Å². The molecule has 0 radical (unpaired) electrons. The van der Waals surface area contributed by atoms with Gasteiger partial charge < -0.3 is 15.4 Å². The third-order valence-corrected chi connectivity index (χ3v) is 3.69. The highest BCUT2D eigenvalue weighted by molar-refractivity contribution is 5.99. The van der Waals surface area contributed by atoms with Crippen molar-refractivity contribution < 1.29 is 19.1 Å². The average Bonchev–Trinajstić information content (AvgIpc) is 3.11. The molecule has 0 bridgehead atoms. The van der Waals surface area contributed by atoms with Crippen molar-refractivity contribution in [3.63, 3.8) is 0 Å². The molecule has 8 heteroatoms. The number of pyridine rings is 1. The van der Waals surface area contributed by atoms with Crippen molar-refractivity contribution >= 4 is 29.0 Å². The molecule has 3 rings (SSSR count). The van der Waals surface area contributed by atoms with E-state index < -0.39 is 17.8 Å². The minimum Gasteiger partial charge on any atom is -0.462 e. The lowest BCUT2D eigenvalue weighted by Crippen LogP contribution is -2.33. The standard InChI is InChI=1S/C19H18N4O4/c1-2-27-19(26)13-6-8-14(9-7-13)21-17(24)12-20-18(25)16-11-15-5-3-4-10-23(15)22-16/h3-11H,2,12H2,1H3,(H,20,25)(H,21,24). The van der Waals surface area contributed by atoms with Crippen LogP contribution in [0.25, 0.3) is 5.52 Å². The summed E-state index contributed by atoms with van der Waals surface area (Å²) in [5, 5.41) is 9.31. The van der Waals surface area contributed by atoms with Crippen molar-refractivity contribution in [3.05, 3.63) is 66.0 Å². The van der Waals surface area contributed by atoms with Gasteiger partial charge in [-0.25, -0.2) is 9.31 Å². The molecular weight excluding hydrogens is 348 g/mol. The summed E-state index contributed by atoms with van der Waals surface area (Å²) < 4.78 is 6.48. The fourth-order valence-electron chi connectivity index (χ4n) is 2.41. The number of hydrogen-bond acceptors (Lipinski definition) is 5. The topological polar surface area (TPSA) is 102 Å². The smallest absolute Gasteiger partial charge is 0.338 e. The lowest BCUT2D eigenvalue weighted by molar-refractivity contribution is -0.115. The van der Waals surface area contributed by atoms with Crippen LogP contribution in [0.1, 0.15) is 27.8 Å². The molecular formula is C19H18N4O4. The second-order valence-electron chi connectivity index (χ2n) is 5.63. The first-order chi connectivity index (χ1) is 13.1. The zero-order valence-corrected chi connectivity index (χ0v) is 14.6. The molecule has 0 fully saturated rings. The molecule has 2 heterocycles. The van der Waals surface area contributed by atoms with Crippen LogP contribution in [0.15, 0.2) is 54.7 Å². The van der Waals surface area contributed by atoms with Gasteiger partial charge in [0, 0.05) is 11.9 Å². The summed E-state index contributed by atoms with van der Waals surface area (Å²) in [6.45, 7) is 1.82. The Balaban J connectivity index is 1.53. The van der Waals surface area contributed by atoms with E-state index >= 15 is 0 Å². The van der Waals surface area contributed by atoms with E-state index in [4.69, 9.17) is 4.74 Å². The first-order valence-electron chi connectivity index (χ1n) is 8.36. The molecule has 3 aromatic rings. The zero-order chi connectivity index (χ0) is 19.2. The Morgan fingerprint density at radius 2 is 1.89 bits per heavy atom. The largest absolute Gasteiger partial charge is 0.462 e. The Morgan fingerprint density at radius 3 is 2.59 bits per heavy atom. The molecule has 0 aliphatic rings. The minimum atomic E-state index is -0.438. The number of anilines is 1. The maximum atomic E-state index is 12.1. The molecule has 2 N–H and O–H groups in total. The van der Waals surface area contributed by atoms with Gasteiger partial charge in [-0.2, -0.15) is 5.10 Å². The molecule has 2 amide bonds. The maximum Gasteiger partial charge on any atom is 0.338 e. The van der Waals surface area contributed by atoms with Gasteiger partial charge in [-0.3, -0.25) is 9.59 Å². The molecule has 27 heavy (non-hydrogen) atoms. The van der Waals surface area contributed by atoms with E-state index in [0.717, 1.165) is 5.52 Å². The number of aromatic nitrogens is 2. The third kappa shape index (κ3) is 4.49. The minimum absolute atomic E-state index is 0.202. The fourth-order valence-corrected chi connectivity index (χ4v) is 2.41. The summed E-state index contributed by atoms with van der Waals surface area (Å²) in [4.78, 5) is 35.7. The van der Waals surface area contributed by atoms with Gasteiger partial charge in [0.25, 0.3) is 5.91 Å². The van der Waals surface area contributed by atoms with E-state index in [0.29, 0.717) is 17.9 Å². The Morgan fingerprint density at radius 1 is 1.11 bits per heavy atom. The number of rotatable bonds is 6. The Bertz CT molecular complexity index is 946. The van der Waals surface area contributed by atoms with Crippen LogP contribution in [0.4, 0.5) is 5.69 Å². The lowest BCUT2D eigenvalue weighted by Gasteiger charge is -2.07. The van der Waals surface area contributed by atoms with Crippen LogP contribution in [0.5, 0.6) is 0 Å². The number of fused-ring (bicyclic) bond motifs is 1. The number of amides is 2. The van der Waals surface area contributed by atoms with Crippen LogP contribution >= 0.6 is 0 Å². The van der Waals surface area contributed by atoms with E-state index in [-0.39, 0.29) is 12.2 Å². The summed E-state index contributed by atoms with van der Waals surface area (Å²) in [5.41, 5.74) is 1.92. The van der Waals surface area contributed by atoms with Crippen molar-refractivity contribution in [3.8, 4) is 0 Å². The van der Waals surface area contributed by atoms with E-state index in [9.17, 15) is 14.4 Å². The van der Waals surface area contributed by atoms with Crippen LogP contribution in [-0.4, -0.2) is 40.5 Å². The average molecular weight is 366 g/mol. The first kappa shape index (κ1) is 18.1. The van der Waals surface area contributed by atoms with Crippen LogP contribution < -0.4 is 10.6 Å². The third-order valence-electron chi connectivity index (χ3n) is 3.69. The van der Waals surface area contributed by atoms with E-state index in [2.05, 4.69) is 15.7 Å². The lowest BCUT2D eigenvalue weighted by atomic mass is 10.2. The summed E-state index contributed by atoms with van der Waals surface area (Å²) in [6.07, 6.45) is 1.73. The number of benzene rings is 1. The van der Waals surface area contributed by atoms with E-state index in [1.54, 1.807) is 48.0 Å². The van der Waals surface area contributed by atoms with Crippen molar-refractivity contribution in [2.24, 2.45) is 0 Å². The van der Waals surface area contributed by atoms with Gasteiger partial charge in [0.2, 0.25) is 5.91 Å². The fraction of sp³-hybridized carbons (Fsp3) is 0.158. The number of nitrogens with zero attached hydrogens (tertiary/aromatic N) is 2. The highest BCUT2D eigenvalue weighted by Crippen LogP contribution is 2.10. The van der Waals surface area contributed by atoms with Gasteiger partial charge in [0.15, 0.2) is 5.69 Å². The molecule has 0 aliphatic heterocycles. The monoisotopic (exact) mass is 366 g/mol. The van der Waals surface area contributed by atoms with Crippen molar-refractivity contribution in [2.75, 3.05) is 18.5 Å². The number of esters is 1. The van der Waals surface area contributed by atoms with Gasteiger partial charge in [0.1, 0.15) is 0 Å².